The van der Waals surface area contributed by atoms with Gasteiger partial charge in [-0.3, -0.25) is 0 Å². The maximum atomic E-state index is 2.54. The molecule has 0 aromatic heterocycles. The van der Waals surface area contributed by atoms with Gasteiger partial charge in [-0.15, -0.1) is 0 Å². The van der Waals surface area contributed by atoms with Gasteiger partial charge in [-0.1, -0.05) is 187 Å². The van der Waals surface area contributed by atoms with E-state index in [1.807, 2.05) is 0 Å². The molecule has 4 rings (SSSR count). The van der Waals surface area contributed by atoms with E-state index in [0.717, 1.165) is 0 Å². The minimum atomic E-state index is 0.421. The highest BCUT2D eigenvalue weighted by molar-refractivity contribution is 7.57. The van der Waals surface area contributed by atoms with Crippen LogP contribution < -0.4 is 10.5 Å². The Balaban J connectivity index is 2.28. The average Bonchev–Trinajstić information content (AvgIpc) is 3.08. The van der Waals surface area contributed by atoms with E-state index in [-0.39, 0.29) is 0 Å². The van der Waals surface area contributed by atoms with Crippen LogP contribution in [-0.2, 0) is 0 Å². The minimum Gasteiger partial charge on any atom is -0.0942 e. The molecular weight excluding hydrogens is 672 g/mol. The van der Waals surface area contributed by atoms with Gasteiger partial charge in [0.25, 0.3) is 0 Å². The molecule has 0 aliphatic rings. The molecule has 0 atom stereocenters. The maximum absolute atomic E-state index is 2.54. The monoisotopic (exact) mass is 744 g/mol. The largest absolute Gasteiger partial charge is 0.102 e. The van der Waals surface area contributed by atoms with Gasteiger partial charge in [0.05, 0.1) is 0 Å². The number of hydrogen-bond acceptors (Lipinski definition) is 0. The van der Waals surface area contributed by atoms with E-state index in [9.17, 15) is 0 Å². The molecule has 1 radical (unpaired) electrons. The Labute approximate surface area is 330 Å². The first-order valence-corrected chi connectivity index (χ1v) is 23.6. The molecule has 2 heteroatoms. The fourth-order valence-corrected chi connectivity index (χ4v) is 11.7. The Morgan fingerprint density at radius 3 is 0.868 bits per heavy atom. The summed E-state index contributed by atoms with van der Waals surface area (Å²) in [5.41, 5.74) is 19.3. The van der Waals surface area contributed by atoms with Crippen molar-refractivity contribution in [2.45, 2.75) is 178 Å². The lowest BCUT2D eigenvalue weighted by Crippen LogP contribution is -2.20. The summed E-state index contributed by atoms with van der Waals surface area (Å²) >= 11 is 0. The molecule has 0 aliphatic heterocycles. The molecule has 0 fully saturated rings. The fraction of sp³-hybridized carbons (Fsp3) is 0.529. The highest BCUT2D eigenvalue weighted by Crippen LogP contribution is 2.42. The zero-order valence-electron chi connectivity index (χ0n) is 36.8. The van der Waals surface area contributed by atoms with Gasteiger partial charge in [0.1, 0.15) is 8.77 Å². The summed E-state index contributed by atoms with van der Waals surface area (Å²) in [5, 5.41) is 3.10. The van der Waals surface area contributed by atoms with Crippen molar-refractivity contribution >= 4 is 27.0 Å². The van der Waals surface area contributed by atoms with Gasteiger partial charge in [-0.2, -0.15) is 0 Å². The van der Waals surface area contributed by atoms with Crippen LogP contribution in [-0.4, -0.2) is 8.77 Å². The van der Waals surface area contributed by atoms with Crippen LogP contribution >= 0.6 is 7.72 Å². The van der Waals surface area contributed by atoms with Crippen molar-refractivity contribution in [1.82, 2.24) is 0 Å². The molecule has 0 nitrogen and oxygen atoms in total. The summed E-state index contributed by atoms with van der Waals surface area (Å²) in [7, 11) is 2.04. The molecule has 0 saturated carbocycles. The Kier molecular flexibility index (Phi) is 14.6. The molecule has 0 heterocycles. The molecule has 0 aliphatic carbocycles. The lowest BCUT2D eigenvalue weighted by atomic mass is 9.79. The molecule has 0 saturated heterocycles. The predicted molar refractivity (Wildman–Crippen MR) is 242 cm³/mol. The first-order valence-electron chi connectivity index (χ1n) is 20.9. The van der Waals surface area contributed by atoms with Gasteiger partial charge < -0.3 is 0 Å². The van der Waals surface area contributed by atoms with E-state index in [2.05, 4.69) is 179 Å². The lowest BCUT2D eigenvalue weighted by Gasteiger charge is -2.27. The third-order valence-corrected chi connectivity index (χ3v) is 14.5. The fourth-order valence-electron chi connectivity index (χ4n) is 7.78. The highest BCUT2D eigenvalue weighted by atomic mass is 31.2. The SMILES string of the molecule is CC(C)c1cc(C(C)C)c(P=[Si]c2c(-c3c(C(C)C)cc(C(C)C)cc3C(C)C)cccc2-c2c(C(C)C)cc(C(C)C)cc2C(C)C)c(C(C)C)c1. The van der Waals surface area contributed by atoms with Crippen LogP contribution in [0.1, 0.15) is 228 Å². The molecule has 53 heavy (non-hydrogen) atoms. The molecule has 285 valence electrons. The standard InChI is InChI=1S/C51H72PSi/c1-28(2)37-22-42(31(7)8)48(43(23-37)32(9)10)40-20-19-21-41(49-44(33(11)12)24-38(29(3)4)25-45(49)34(13)14)51(40)53-52-50-46(35(15)16)26-39(30(5)6)27-47(50)36(17)18/h19-36H,1-18H3. The second kappa shape index (κ2) is 17.9. The summed E-state index contributed by atoms with van der Waals surface area (Å²) in [4.78, 5) is 0. The lowest BCUT2D eigenvalue weighted by molar-refractivity contribution is 0.807. The summed E-state index contributed by atoms with van der Waals surface area (Å²) in [6.07, 6.45) is 0. The van der Waals surface area contributed by atoms with Crippen molar-refractivity contribution in [3.8, 4) is 22.3 Å². The van der Waals surface area contributed by atoms with Gasteiger partial charge in [-0.25, -0.2) is 0 Å². The van der Waals surface area contributed by atoms with Gasteiger partial charge in [0, 0.05) is 5.30 Å². The zero-order valence-corrected chi connectivity index (χ0v) is 38.7. The van der Waals surface area contributed by atoms with E-state index in [4.69, 9.17) is 0 Å². The second-order valence-electron chi connectivity index (χ2n) is 18.5. The van der Waals surface area contributed by atoms with Crippen molar-refractivity contribution in [2.24, 2.45) is 0 Å². The Bertz CT molecular complexity index is 1730. The molecular formula is C51H72PSi. The van der Waals surface area contributed by atoms with E-state index in [1.54, 1.807) is 5.30 Å². The van der Waals surface area contributed by atoms with Gasteiger partial charge in [0.2, 0.25) is 0 Å². The average molecular weight is 744 g/mol. The van der Waals surface area contributed by atoms with E-state index >= 15 is 0 Å². The van der Waals surface area contributed by atoms with Crippen molar-refractivity contribution in [3.05, 3.63) is 105 Å². The number of hydrogen-bond donors (Lipinski definition) is 0. The van der Waals surface area contributed by atoms with Crippen LogP contribution in [0.15, 0.2) is 54.6 Å². The van der Waals surface area contributed by atoms with Gasteiger partial charge in [0.15, 0.2) is 0 Å². The van der Waals surface area contributed by atoms with Crippen LogP contribution in [0.25, 0.3) is 22.3 Å². The molecule has 0 spiro atoms. The normalized spacial score (nSPS) is 12.7. The predicted octanol–water partition coefficient (Wildman–Crippen LogP) is 15.6. The van der Waals surface area contributed by atoms with Crippen LogP contribution in [0.5, 0.6) is 0 Å². The third kappa shape index (κ3) is 9.44. The van der Waals surface area contributed by atoms with Crippen molar-refractivity contribution in [1.29, 1.82) is 0 Å². The van der Waals surface area contributed by atoms with Crippen LogP contribution in [0, 0.1) is 0 Å². The molecule has 4 aromatic carbocycles. The van der Waals surface area contributed by atoms with Crippen LogP contribution in [0.4, 0.5) is 0 Å². The topological polar surface area (TPSA) is 0 Å². The Morgan fingerprint density at radius 2 is 0.623 bits per heavy atom. The smallest absolute Gasteiger partial charge is 0.0942 e. The first-order chi connectivity index (χ1) is 24.8. The molecule has 0 bridgehead atoms. The van der Waals surface area contributed by atoms with Gasteiger partial charge >= 0.3 is 0 Å². The molecule has 0 amide bonds. The van der Waals surface area contributed by atoms with E-state index in [0.29, 0.717) is 62.0 Å². The second-order valence-corrected chi connectivity index (χ2v) is 21.3. The van der Waals surface area contributed by atoms with Crippen molar-refractivity contribution < 1.29 is 0 Å². The van der Waals surface area contributed by atoms with E-state index < -0.39 is 0 Å². The summed E-state index contributed by atoms with van der Waals surface area (Å²) in [6.45, 7) is 42.8. The third-order valence-electron chi connectivity index (χ3n) is 11.2. The van der Waals surface area contributed by atoms with Crippen LogP contribution in [0.3, 0.4) is 0 Å². The maximum Gasteiger partial charge on any atom is 0.102 e. The first kappa shape index (κ1) is 43.1. The van der Waals surface area contributed by atoms with Crippen molar-refractivity contribution in [2.75, 3.05) is 0 Å². The number of benzene rings is 4. The number of rotatable bonds is 13. The summed E-state index contributed by atoms with van der Waals surface area (Å²) in [6, 6.07) is 22.6. The molecule has 0 unspecified atom stereocenters. The Hall–Kier alpha value is -2.60. The molecule has 4 aromatic rings. The zero-order chi connectivity index (χ0) is 39.6. The summed E-state index contributed by atoms with van der Waals surface area (Å²) < 4.78 is 0. The molecule has 0 N–H and O–H groups in total. The summed E-state index contributed by atoms with van der Waals surface area (Å²) in [5.74, 6) is 4.13. The van der Waals surface area contributed by atoms with E-state index in [1.165, 1.54) is 85.2 Å². The minimum absolute atomic E-state index is 0.421. The van der Waals surface area contributed by atoms with Gasteiger partial charge in [-0.05, 0) is 131 Å². The highest BCUT2D eigenvalue weighted by Gasteiger charge is 2.26. The quantitative estimate of drug-likeness (QED) is 0.0945. The Morgan fingerprint density at radius 1 is 0.358 bits per heavy atom. The van der Waals surface area contributed by atoms with Crippen molar-refractivity contribution in [3.63, 3.8) is 0 Å². The van der Waals surface area contributed by atoms with Crippen LogP contribution in [0.2, 0.25) is 0 Å².